The van der Waals surface area contributed by atoms with Crippen LogP contribution in [0.15, 0.2) is 9.64 Å². The van der Waals surface area contributed by atoms with E-state index in [0.29, 0.717) is 17.7 Å². The number of amides is 2. The Labute approximate surface area is 145 Å². The van der Waals surface area contributed by atoms with Crippen molar-refractivity contribution in [3.63, 3.8) is 0 Å². The minimum atomic E-state index is -0.549. The molecule has 1 saturated heterocycles. The Morgan fingerprint density at radius 3 is 2.71 bits per heavy atom. The Morgan fingerprint density at radius 2 is 2.08 bits per heavy atom. The molecule has 0 spiro atoms. The van der Waals surface area contributed by atoms with Crippen LogP contribution in [0.1, 0.15) is 45.5 Å². The molecule has 1 aliphatic rings. The lowest BCUT2D eigenvalue weighted by atomic mass is 10.2. The second kappa shape index (κ2) is 7.42. The van der Waals surface area contributed by atoms with Crippen LogP contribution in [0.2, 0.25) is 0 Å². The van der Waals surface area contributed by atoms with Gasteiger partial charge in [0.1, 0.15) is 11.6 Å². The number of nitrogens with zero attached hydrogens (tertiary/aromatic N) is 4. The fourth-order valence-corrected chi connectivity index (χ4v) is 2.98. The summed E-state index contributed by atoms with van der Waals surface area (Å²) in [5, 5.41) is 8.33. The molecule has 0 aromatic carbocycles. The highest BCUT2D eigenvalue weighted by molar-refractivity contribution is 7.99. The summed E-state index contributed by atoms with van der Waals surface area (Å²) in [5.74, 6) is 0.587. The lowest BCUT2D eigenvalue weighted by molar-refractivity contribution is -0.125. The van der Waals surface area contributed by atoms with E-state index >= 15 is 0 Å². The van der Waals surface area contributed by atoms with Gasteiger partial charge in [-0.1, -0.05) is 11.8 Å². The van der Waals surface area contributed by atoms with E-state index in [9.17, 15) is 9.59 Å². The van der Waals surface area contributed by atoms with Crippen molar-refractivity contribution in [3.05, 3.63) is 5.89 Å². The van der Waals surface area contributed by atoms with Gasteiger partial charge >= 0.3 is 6.09 Å². The molecule has 0 N–H and O–H groups in total. The largest absolute Gasteiger partial charge is 0.444 e. The van der Waals surface area contributed by atoms with E-state index in [-0.39, 0.29) is 23.8 Å². The van der Waals surface area contributed by atoms with Crippen molar-refractivity contribution in [2.75, 3.05) is 26.4 Å². The maximum atomic E-state index is 12.3. The number of thioether (sulfide) groups is 1. The molecule has 1 atom stereocenters. The number of rotatable bonds is 4. The van der Waals surface area contributed by atoms with Crippen LogP contribution in [0.3, 0.4) is 0 Å². The highest BCUT2D eigenvalue weighted by Gasteiger charge is 2.36. The lowest BCUT2D eigenvalue weighted by Gasteiger charge is -2.27. The van der Waals surface area contributed by atoms with E-state index < -0.39 is 5.60 Å². The van der Waals surface area contributed by atoms with Crippen LogP contribution < -0.4 is 0 Å². The molecule has 1 aromatic rings. The van der Waals surface area contributed by atoms with E-state index in [1.165, 1.54) is 16.7 Å². The standard InChI is InChI=1S/C15H24N4O4S/c1-15(2,3)23-14(21)19-8-6-7-10(19)12-16-17-13(22-12)24-9-11(20)18(4)5/h10H,6-9H2,1-5H3. The molecule has 2 rings (SSSR count). The summed E-state index contributed by atoms with van der Waals surface area (Å²) < 4.78 is 11.1. The van der Waals surface area contributed by atoms with Gasteiger partial charge in [-0.05, 0) is 33.6 Å². The number of aromatic nitrogens is 2. The maximum absolute atomic E-state index is 12.3. The first-order chi connectivity index (χ1) is 11.2. The summed E-state index contributed by atoms with van der Waals surface area (Å²) >= 11 is 1.19. The van der Waals surface area contributed by atoms with Gasteiger partial charge in [0, 0.05) is 20.6 Å². The third kappa shape index (κ3) is 4.86. The smallest absolute Gasteiger partial charge is 0.410 e. The fraction of sp³-hybridized carbons (Fsp3) is 0.733. The van der Waals surface area contributed by atoms with Crippen LogP contribution in [-0.2, 0) is 9.53 Å². The van der Waals surface area contributed by atoms with Gasteiger partial charge in [-0.2, -0.15) is 0 Å². The molecule has 1 aromatic heterocycles. The predicted octanol–water partition coefficient (Wildman–Crippen LogP) is 2.32. The first-order valence-electron chi connectivity index (χ1n) is 7.83. The SMILES string of the molecule is CN(C)C(=O)CSc1nnc(C2CCCN2C(=O)OC(C)(C)C)o1. The molecule has 24 heavy (non-hydrogen) atoms. The second-order valence-corrected chi connectivity index (χ2v) is 7.74. The Hall–Kier alpha value is -1.77. The van der Waals surface area contributed by atoms with E-state index in [1.807, 2.05) is 20.8 Å². The normalized spacial score (nSPS) is 17.9. The Kier molecular flexibility index (Phi) is 5.74. The molecule has 2 amide bonds. The third-order valence-corrected chi connectivity index (χ3v) is 4.21. The maximum Gasteiger partial charge on any atom is 0.410 e. The molecule has 134 valence electrons. The average molecular weight is 356 g/mol. The van der Waals surface area contributed by atoms with Gasteiger partial charge < -0.3 is 14.1 Å². The minimum absolute atomic E-state index is 0.0315. The first kappa shape index (κ1) is 18.6. The first-order valence-corrected chi connectivity index (χ1v) is 8.82. The van der Waals surface area contributed by atoms with Crippen molar-refractivity contribution >= 4 is 23.8 Å². The summed E-state index contributed by atoms with van der Waals surface area (Å²) in [4.78, 5) is 27.0. The van der Waals surface area contributed by atoms with Crippen LogP contribution >= 0.6 is 11.8 Å². The Morgan fingerprint density at radius 1 is 1.38 bits per heavy atom. The quantitative estimate of drug-likeness (QED) is 0.765. The summed E-state index contributed by atoms with van der Waals surface area (Å²) in [6.07, 6.45) is 1.23. The monoisotopic (exact) mass is 356 g/mol. The number of carbonyl (C=O) groups excluding carboxylic acids is 2. The van der Waals surface area contributed by atoms with Crippen molar-refractivity contribution in [3.8, 4) is 0 Å². The van der Waals surface area contributed by atoms with Crippen LogP contribution in [-0.4, -0.2) is 64.0 Å². The molecule has 2 heterocycles. The van der Waals surface area contributed by atoms with E-state index in [2.05, 4.69) is 10.2 Å². The van der Waals surface area contributed by atoms with Crippen molar-refractivity contribution in [1.82, 2.24) is 20.0 Å². The number of likely N-dealkylation sites (tertiary alicyclic amines) is 1. The molecular formula is C15H24N4O4S. The molecular weight excluding hydrogens is 332 g/mol. The topological polar surface area (TPSA) is 88.8 Å². The fourth-order valence-electron chi connectivity index (χ4n) is 2.23. The van der Waals surface area contributed by atoms with Gasteiger partial charge in [-0.15, -0.1) is 10.2 Å². The number of ether oxygens (including phenoxy) is 1. The molecule has 0 aliphatic carbocycles. The van der Waals surface area contributed by atoms with Gasteiger partial charge in [0.05, 0.1) is 5.75 Å². The lowest BCUT2D eigenvalue weighted by Crippen LogP contribution is -2.36. The minimum Gasteiger partial charge on any atom is -0.444 e. The second-order valence-electron chi connectivity index (χ2n) is 6.81. The van der Waals surface area contributed by atoms with E-state index in [0.717, 1.165) is 12.8 Å². The summed E-state index contributed by atoms with van der Waals surface area (Å²) in [6, 6.07) is -0.272. The van der Waals surface area contributed by atoms with Gasteiger partial charge in [0.15, 0.2) is 0 Å². The highest BCUT2D eigenvalue weighted by atomic mass is 32.2. The summed E-state index contributed by atoms with van der Waals surface area (Å²) in [6.45, 7) is 6.10. The van der Waals surface area contributed by atoms with Crippen molar-refractivity contribution < 1.29 is 18.7 Å². The van der Waals surface area contributed by atoms with Crippen molar-refractivity contribution in [2.45, 2.75) is 50.5 Å². The molecule has 1 aliphatic heterocycles. The molecule has 0 saturated carbocycles. The number of hydrogen-bond acceptors (Lipinski definition) is 7. The van der Waals surface area contributed by atoms with Gasteiger partial charge in [0.25, 0.3) is 5.22 Å². The molecule has 1 unspecified atom stereocenters. The third-order valence-electron chi connectivity index (χ3n) is 3.41. The van der Waals surface area contributed by atoms with Gasteiger partial charge in [0.2, 0.25) is 11.8 Å². The Balaban J connectivity index is 2.00. The zero-order chi connectivity index (χ0) is 17.9. The molecule has 1 fully saturated rings. The van der Waals surface area contributed by atoms with Crippen molar-refractivity contribution in [2.24, 2.45) is 0 Å². The van der Waals surface area contributed by atoms with Crippen LogP contribution in [0, 0.1) is 0 Å². The summed E-state index contributed by atoms with van der Waals surface area (Å²) in [5.41, 5.74) is -0.549. The van der Waals surface area contributed by atoms with E-state index in [1.54, 1.807) is 19.0 Å². The molecule has 8 nitrogen and oxygen atoms in total. The molecule has 0 radical (unpaired) electrons. The zero-order valence-electron chi connectivity index (χ0n) is 14.7. The number of carbonyl (C=O) groups is 2. The Bertz CT molecular complexity index is 597. The molecule has 0 bridgehead atoms. The highest BCUT2D eigenvalue weighted by Crippen LogP contribution is 2.33. The van der Waals surface area contributed by atoms with Crippen LogP contribution in [0.5, 0.6) is 0 Å². The zero-order valence-corrected chi connectivity index (χ0v) is 15.6. The van der Waals surface area contributed by atoms with Crippen LogP contribution in [0.4, 0.5) is 4.79 Å². The molecule has 9 heteroatoms. The van der Waals surface area contributed by atoms with Gasteiger partial charge in [-0.25, -0.2) is 4.79 Å². The summed E-state index contributed by atoms with van der Waals surface area (Å²) in [7, 11) is 3.39. The van der Waals surface area contributed by atoms with E-state index in [4.69, 9.17) is 9.15 Å². The van der Waals surface area contributed by atoms with Crippen molar-refractivity contribution in [1.29, 1.82) is 0 Å². The van der Waals surface area contributed by atoms with Crippen LogP contribution in [0.25, 0.3) is 0 Å². The van der Waals surface area contributed by atoms with Gasteiger partial charge in [-0.3, -0.25) is 9.69 Å². The average Bonchev–Trinajstić information content (AvgIpc) is 3.11. The predicted molar refractivity (Wildman–Crippen MR) is 88.6 cm³/mol. The number of hydrogen-bond donors (Lipinski definition) is 0.